The van der Waals surface area contributed by atoms with E-state index < -0.39 is 24.0 Å². The molecular weight excluding hydrogens is 448 g/mol. The van der Waals surface area contributed by atoms with Gasteiger partial charge in [-0.05, 0) is 69.9 Å². The molecule has 2 fully saturated rings. The van der Waals surface area contributed by atoms with Crippen molar-refractivity contribution in [3.8, 4) is 0 Å². The number of primary amides is 1. The normalized spacial score (nSPS) is 21.7. The molecule has 1 heterocycles. The number of carbonyl (C=O) groups is 2. The Balaban J connectivity index is 0.000000926. The highest BCUT2D eigenvalue weighted by Crippen LogP contribution is 2.54. The van der Waals surface area contributed by atoms with Gasteiger partial charge in [0.15, 0.2) is 0 Å². The number of nitrogens with two attached hydrogens (primary N) is 1. The molecular formula is C27H42N2O6. The summed E-state index contributed by atoms with van der Waals surface area (Å²) in [6.07, 6.45) is 8.58. The van der Waals surface area contributed by atoms with Crippen LogP contribution in [-0.2, 0) is 9.53 Å². The molecule has 1 aromatic heterocycles. The van der Waals surface area contributed by atoms with Crippen molar-refractivity contribution in [2.75, 3.05) is 19.8 Å². The van der Waals surface area contributed by atoms with E-state index in [1.165, 1.54) is 32.3 Å². The molecule has 8 heteroatoms. The number of carbonyl (C=O) groups excluding carboxylic acids is 2. The Bertz CT molecular complexity index is 909. The Morgan fingerprint density at radius 3 is 2.20 bits per heavy atom. The van der Waals surface area contributed by atoms with Crippen molar-refractivity contribution in [3.63, 3.8) is 0 Å². The maximum Gasteiger partial charge on any atom is 0.256 e. The zero-order valence-electron chi connectivity index (χ0n) is 21.7. The predicted molar refractivity (Wildman–Crippen MR) is 137 cm³/mol. The van der Waals surface area contributed by atoms with Gasteiger partial charge in [0, 0.05) is 5.56 Å². The number of hydrogen-bond acceptors (Lipinski definition) is 6. The topological polar surface area (TPSA) is 135 Å². The number of hydrogen-bond donors (Lipinski definition) is 4. The van der Waals surface area contributed by atoms with Crippen molar-refractivity contribution in [2.24, 2.45) is 23.5 Å². The molecule has 3 unspecified atom stereocenters. The molecule has 2 aliphatic carbocycles. The van der Waals surface area contributed by atoms with Crippen LogP contribution in [0.1, 0.15) is 67.5 Å². The first kappa shape index (κ1) is 30.2. The number of aliphatic hydroxyl groups excluding tert-OH is 2. The average Bonchev–Trinajstić information content (AvgIpc) is 3.35. The number of nitrogens with one attached hydrogen (secondary N) is 1. The summed E-state index contributed by atoms with van der Waals surface area (Å²) in [6, 6.07) is 0. The fourth-order valence-electron chi connectivity index (χ4n) is 4.14. The smallest absolute Gasteiger partial charge is 0.256 e. The molecule has 3 atom stereocenters. The summed E-state index contributed by atoms with van der Waals surface area (Å²) in [7, 11) is 0. The molecule has 3 rings (SSSR count). The lowest BCUT2D eigenvalue weighted by Gasteiger charge is -2.24. The first-order chi connectivity index (χ1) is 16.6. The average molecular weight is 491 g/mol. The van der Waals surface area contributed by atoms with Crippen LogP contribution in [0.15, 0.2) is 35.5 Å². The van der Waals surface area contributed by atoms with Gasteiger partial charge in [-0.1, -0.05) is 26.5 Å². The number of ether oxygens (including phenoxy) is 1. The summed E-state index contributed by atoms with van der Waals surface area (Å²) in [6.45, 7) is 15.9. The molecule has 0 bridgehead atoms. The fraction of sp³-hybridized carbons (Fsp3) is 0.556. The minimum Gasteiger partial charge on any atom is -0.493 e. The third-order valence-electron chi connectivity index (χ3n) is 6.23. The van der Waals surface area contributed by atoms with Crippen molar-refractivity contribution in [3.05, 3.63) is 53.7 Å². The van der Waals surface area contributed by atoms with E-state index in [0.29, 0.717) is 35.4 Å². The van der Waals surface area contributed by atoms with Gasteiger partial charge in [-0.15, -0.1) is 6.58 Å². The largest absolute Gasteiger partial charge is 0.493 e. The van der Waals surface area contributed by atoms with Crippen LogP contribution < -0.4 is 11.1 Å². The van der Waals surface area contributed by atoms with Crippen molar-refractivity contribution in [2.45, 2.75) is 59.4 Å². The third-order valence-corrected chi connectivity index (χ3v) is 6.23. The van der Waals surface area contributed by atoms with Crippen LogP contribution in [-0.4, -0.2) is 47.4 Å². The second-order valence-corrected chi connectivity index (χ2v) is 8.94. The van der Waals surface area contributed by atoms with Gasteiger partial charge in [0.1, 0.15) is 22.8 Å². The molecule has 2 amide bonds. The maximum atomic E-state index is 12.9. The van der Waals surface area contributed by atoms with Crippen LogP contribution in [0.25, 0.3) is 6.08 Å². The van der Waals surface area contributed by atoms with Crippen LogP contribution in [0.2, 0.25) is 0 Å². The van der Waals surface area contributed by atoms with Crippen LogP contribution in [0, 0.1) is 31.6 Å². The minimum atomic E-state index is -1.57. The van der Waals surface area contributed by atoms with E-state index >= 15 is 0 Å². The Morgan fingerprint density at radius 2 is 1.74 bits per heavy atom. The van der Waals surface area contributed by atoms with Crippen molar-refractivity contribution < 1.29 is 29.0 Å². The molecule has 35 heavy (non-hydrogen) atoms. The van der Waals surface area contributed by atoms with Gasteiger partial charge < -0.3 is 30.4 Å². The van der Waals surface area contributed by atoms with E-state index in [-0.39, 0.29) is 12.2 Å². The van der Waals surface area contributed by atoms with Crippen LogP contribution in [0.4, 0.5) is 0 Å². The van der Waals surface area contributed by atoms with Crippen molar-refractivity contribution in [1.29, 1.82) is 0 Å². The molecule has 0 aliphatic heterocycles. The Morgan fingerprint density at radius 1 is 1.17 bits per heavy atom. The van der Waals surface area contributed by atoms with Gasteiger partial charge in [-0.2, -0.15) is 0 Å². The summed E-state index contributed by atoms with van der Waals surface area (Å²) >= 11 is 0. The molecule has 0 spiro atoms. The van der Waals surface area contributed by atoms with E-state index in [4.69, 9.17) is 20.0 Å². The number of amides is 2. The molecule has 0 radical (unpaired) electrons. The van der Waals surface area contributed by atoms with Crippen LogP contribution >= 0.6 is 0 Å². The van der Waals surface area contributed by atoms with E-state index in [1.807, 2.05) is 13.8 Å². The van der Waals surface area contributed by atoms with Gasteiger partial charge in [-0.25, -0.2) is 0 Å². The van der Waals surface area contributed by atoms with E-state index in [9.17, 15) is 14.7 Å². The highest BCUT2D eigenvalue weighted by Gasteiger charge is 2.45. The number of aryl methyl sites for hydroxylation is 2. The highest BCUT2D eigenvalue weighted by atomic mass is 16.5. The molecule has 196 valence electrons. The number of furan rings is 1. The quantitative estimate of drug-likeness (QED) is 0.225. The standard InChI is InChI=1S/C22H30N2O5.C3H6O.C2H6/c1-5-17(28-10-14-6-15-8-16(15)7-14)9-18-12(2)29-13(3)19(18)20(26)24-22(4,11-25)21(23)27;1-2-3-4;1-2/h5,9,14-16,25H,1,6-8,10-11H2,2-4H3,(H2,23,27)(H,24,26);2,4H,1,3H2;1-2H3/b17-9+;;. The monoisotopic (exact) mass is 490 g/mol. The van der Waals surface area contributed by atoms with Crippen LogP contribution in [0.5, 0.6) is 0 Å². The van der Waals surface area contributed by atoms with Gasteiger partial charge in [0.25, 0.3) is 5.91 Å². The molecule has 5 N–H and O–H groups in total. The lowest BCUT2D eigenvalue weighted by Crippen LogP contribution is -2.58. The molecule has 0 aromatic carbocycles. The Kier molecular flexibility index (Phi) is 12.0. The minimum absolute atomic E-state index is 0.0833. The number of fused-ring (bicyclic) bond motifs is 1. The summed E-state index contributed by atoms with van der Waals surface area (Å²) in [5.41, 5.74) is 4.57. The van der Waals surface area contributed by atoms with Gasteiger partial charge in [-0.3, -0.25) is 9.59 Å². The lowest BCUT2D eigenvalue weighted by molar-refractivity contribution is -0.124. The molecule has 2 saturated carbocycles. The second kappa shape index (κ2) is 13.9. The Hall–Kier alpha value is -2.84. The highest BCUT2D eigenvalue weighted by molar-refractivity contribution is 6.02. The first-order valence-corrected chi connectivity index (χ1v) is 12.1. The summed E-state index contributed by atoms with van der Waals surface area (Å²) in [5, 5.41) is 19.8. The van der Waals surface area contributed by atoms with Crippen molar-refractivity contribution >= 4 is 17.9 Å². The van der Waals surface area contributed by atoms with E-state index in [1.54, 1.807) is 26.0 Å². The number of rotatable bonds is 10. The molecule has 1 aromatic rings. The van der Waals surface area contributed by atoms with Gasteiger partial charge >= 0.3 is 0 Å². The zero-order valence-corrected chi connectivity index (χ0v) is 21.7. The SMILES string of the molecule is C=C/C(=C\c1c(C)oc(C)c1C(=O)NC(C)(CO)C(N)=O)OCC1CC2CC2C1.C=CCO.CC. The summed E-state index contributed by atoms with van der Waals surface area (Å²) in [4.78, 5) is 24.5. The van der Waals surface area contributed by atoms with Gasteiger partial charge in [0.05, 0.1) is 25.4 Å². The van der Waals surface area contributed by atoms with E-state index in [0.717, 1.165) is 11.8 Å². The lowest BCUT2D eigenvalue weighted by atomic mass is 10.0. The predicted octanol–water partition coefficient (Wildman–Crippen LogP) is 3.64. The third kappa shape index (κ3) is 8.11. The summed E-state index contributed by atoms with van der Waals surface area (Å²) in [5.74, 6) is 2.46. The molecule has 0 saturated heterocycles. The van der Waals surface area contributed by atoms with Crippen LogP contribution in [0.3, 0.4) is 0 Å². The van der Waals surface area contributed by atoms with Gasteiger partial charge in [0.2, 0.25) is 5.91 Å². The second-order valence-electron chi connectivity index (χ2n) is 8.94. The number of allylic oxidation sites excluding steroid dienone is 1. The Labute approximate surface area is 208 Å². The summed E-state index contributed by atoms with van der Waals surface area (Å²) < 4.78 is 11.6. The zero-order chi connectivity index (χ0) is 26.8. The maximum absolute atomic E-state index is 12.9. The fourth-order valence-corrected chi connectivity index (χ4v) is 4.14. The number of aliphatic hydroxyl groups is 2. The van der Waals surface area contributed by atoms with E-state index in [2.05, 4.69) is 18.5 Å². The van der Waals surface area contributed by atoms with Crippen molar-refractivity contribution in [1.82, 2.24) is 5.32 Å². The first-order valence-electron chi connectivity index (χ1n) is 12.1. The molecule has 2 aliphatic rings. The molecule has 8 nitrogen and oxygen atoms in total.